The van der Waals surface area contributed by atoms with Gasteiger partial charge in [0.1, 0.15) is 0 Å². The van der Waals surface area contributed by atoms with Gasteiger partial charge in [-0.3, -0.25) is 0 Å². The minimum absolute atomic E-state index is 0.0658. The molecule has 3 heterocycles. The van der Waals surface area contributed by atoms with Crippen LogP contribution in [0.3, 0.4) is 0 Å². The number of aromatic nitrogens is 3. The molecule has 3 nitrogen and oxygen atoms in total. The first-order chi connectivity index (χ1) is 30.2. The van der Waals surface area contributed by atoms with Gasteiger partial charge in [-0.05, 0) is 69.8 Å². The molecule has 5 heteroatoms. The highest BCUT2D eigenvalue weighted by Crippen LogP contribution is 2.44. The van der Waals surface area contributed by atoms with Crippen molar-refractivity contribution in [2.45, 2.75) is 0 Å². The molecule has 3 aromatic heterocycles. The maximum atomic E-state index is 9.81. The predicted octanol–water partition coefficient (Wildman–Crippen LogP) is 14.6. The molecule has 56 heavy (non-hydrogen) atoms. The van der Waals surface area contributed by atoms with Gasteiger partial charge in [-0.2, -0.15) is 0 Å². The summed E-state index contributed by atoms with van der Waals surface area (Å²) < 4.78 is 59.6. The first-order valence-corrected chi connectivity index (χ1v) is 19.8. The SMILES string of the molecule is [2H]c1c([2H])c([2H])c2c(sc3c([2H])c(-c4nc(-c5ccccc5)nc(-c5cccc6sc7ccccc7c56)n4)c([2H])c([2H])c32)c1-c1cc(-c2ccccc2)cc(-c2ccccc2)c1. The van der Waals surface area contributed by atoms with Crippen molar-refractivity contribution in [3.8, 4) is 67.5 Å². The van der Waals surface area contributed by atoms with Crippen molar-refractivity contribution in [3.63, 3.8) is 0 Å². The van der Waals surface area contributed by atoms with Crippen LogP contribution in [0, 0.1) is 0 Å². The molecule has 11 rings (SSSR count). The van der Waals surface area contributed by atoms with Crippen LogP contribution in [0.2, 0.25) is 0 Å². The third kappa shape index (κ3) is 5.68. The molecule has 0 N–H and O–H groups in total. The fraction of sp³-hybridized carbons (Fsp3) is 0. The molecule has 0 amide bonds. The van der Waals surface area contributed by atoms with Crippen molar-refractivity contribution in [2.75, 3.05) is 0 Å². The second kappa shape index (κ2) is 13.5. The van der Waals surface area contributed by atoms with Crippen LogP contribution < -0.4 is 0 Å². The maximum Gasteiger partial charge on any atom is 0.164 e. The number of fused-ring (bicyclic) bond motifs is 6. The van der Waals surface area contributed by atoms with Gasteiger partial charge in [-0.25, -0.2) is 15.0 Å². The standard InChI is InChI=1S/C51H31N3S2/c1-4-14-32(15-5-1)36-28-37(33-16-6-2-7-17-33)30-38(29-36)39-21-12-22-41-40-27-26-35(31-46(40)56-48(39)41)50-52-49(34-18-8-3-9-19-34)53-51(54-50)43-23-13-25-45-47(43)42-20-10-11-24-44(42)55-45/h1-31H/i12D,21D,22D,26D,27D,31D. The summed E-state index contributed by atoms with van der Waals surface area (Å²) in [7, 11) is 0. The van der Waals surface area contributed by atoms with Gasteiger partial charge in [0.25, 0.3) is 0 Å². The number of hydrogen-bond donors (Lipinski definition) is 0. The lowest BCUT2D eigenvalue weighted by atomic mass is 9.93. The molecule has 8 aromatic carbocycles. The van der Waals surface area contributed by atoms with Crippen LogP contribution in [0.25, 0.3) is 108 Å². The number of rotatable bonds is 6. The van der Waals surface area contributed by atoms with E-state index in [1.54, 1.807) is 11.3 Å². The van der Waals surface area contributed by atoms with E-state index in [1.807, 2.05) is 127 Å². The van der Waals surface area contributed by atoms with E-state index in [0.717, 1.165) is 53.6 Å². The van der Waals surface area contributed by atoms with Crippen LogP contribution in [0.15, 0.2) is 188 Å². The second-order valence-corrected chi connectivity index (χ2v) is 15.6. The summed E-state index contributed by atoms with van der Waals surface area (Å²) >= 11 is 2.89. The zero-order valence-electron chi connectivity index (χ0n) is 35.6. The van der Waals surface area contributed by atoms with E-state index in [2.05, 4.69) is 24.3 Å². The normalized spacial score (nSPS) is 13.1. The Balaban J connectivity index is 1.18. The van der Waals surface area contributed by atoms with E-state index in [0.29, 0.717) is 32.2 Å². The quantitative estimate of drug-likeness (QED) is 0.170. The number of hydrogen-bond acceptors (Lipinski definition) is 5. The molecule has 0 atom stereocenters. The molecule has 0 unspecified atom stereocenters. The van der Waals surface area contributed by atoms with Crippen LogP contribution >= 0.6 is 22.7 Å². The average molecular weight is 756 g/mol. The first-order valence-electron chi connectivity index (χ1n) is 21.2. The van der Waals surface area contributed by atoms with E-state index in [4.69, 9.17) is 16.3 Å². The summed E-state index contributed by atoms with van der Waals surface area (Å²) in [5.74, 6) is 0.834. The Bertz CT molecular complexity index is 3540. The smallest absolute Gasteiger partial charge is 0.164 e. The van der Waals surface area contributed by atoms with Crippen LogP contribution in [0.4, 0.5) is 0 Å². The molecule has 0 aliphatic rings. The molecule has 0 bridgehead atoms. The van der Waals surface area contributed by atoms with Crippen molar-refractivity contribution in [1.82, 2.24) is 15.0 Å². The van der Waals surface area contributed by atoms with E-state index in [1.165, 1.54) is 11.3 Å². The summed E-state index contributed by atoms with van der Waals surface area (Å²) in [6, 6.07) is 48.7. The molecule has 0 aliphatic carbocycles. The Labute approximate surface area is 340 Å². The zero-order chi connectivity index (χ0) is 42.2. The van der Waals surface area contributed by atoms with Gasteiger partial charge in [0, 0.05) is 57.0 Å². The van der Waals surface area contributed by atoms with Crippen molar-refractivity contribution in [2.24, 2.45) is 0 Å². The number of benzene rings is 8. The molecule has 11 aromatic rings. The zero-order valence-corrected chi connectivity index (χ0v) is 31.2. The minimum atomic E-state index is -0.287. The van der Waals surface area contributed by atoms with Gasteiger partial charge < -0.3 is 0 Å². The summed E-state index contributed by atoms with van der Waals surface area (Å²) in [5.41, 5.74) is 6.50. The third-order valence-electron chi connectivity index (χ3n) is 10.0. The summed E-state index contributed by atoms with van der Waals surface area (Å²) in [6.45, 7) is 0. The maximum absolute atomic E-state index is 9.81. The topological polar surface area (TPSA) is 38.7 Å². The highest BCUT2D eigenvalue weighted by Gasteiger charge is 2.19. The molecule has 0 aliphatic heterocycles. The summed E-state index contributed by atoms with van der Waals surface area (Å²) in [5, 5.41) is 2.59. The summed E-state index contributed by atoms with van der Waals surface area (Å²) in [6.07, 6.45) is 0. The van der Waals surface area contributed by atoms with Crippen LogP contribution in [0.1, 0.15) is 8.22 Å². The van der Waals surface area contributed by atoms with Gasteiger partial charge in [0.2, 0.25) is 0 Å². The van der Waals surface area contributed by atoms with Crippen molar-refractivity contribution in [3.05, 3.63) is 188 Å². The van der Waals surface area contributed by atoms with Crippen molar-refractivity contribution in [1.29, 1.82) is 0 Å². The van der Waals surface area contributed by atoms with E-state index in [-0.39, 0.29) is 58.4 Å². The Morgan fingerprint density at radius 3 is 1.71 bits per heavy atom. The summed E-state index contributed by atoms with van der Waals surface area (Å²) in [4.78, 5) is 14.9. The van der Waals surface area contributed by atoms with Gasteiger partial charge in [-0.1, -0.05) is 152 Å². The largest absolute Gasteiger partial charge is 0.208 e. The Kier molecular flexibility index (Phi) is 6.48. The Morgan fingerprint density at radius 2 is 0.982 bits per heavy atom. The average Bonchev–Trinajstić information content (AvgIpc) is 3.91. The fourth-order valence-corrected chi connectivity index (χ4v) is 9.65. The van der Waals surface area contributed by atoms with E-state index < -0.39 is 0 Å². The Hall–Kier alpha value is -6.79. The molecule has 0 fully saturated rings. The third-order valence-corrected chi connectivity index (χ3v) is 12.3. The highest BCUT2D eigenvalue weighted by molar-refractivity contribution is 7.26. The molecule has 262 valence electrons. The molecule has 0 radical (unpaired) electrons. The van der Waals surface area contributed by atoms with Gasteiger partial charge in [0.05, 0.1) is 8.22 Å². The van der Waals surface area contributed by atoms with E-state index in [9.17, 15) is 6.85 Å². The predicted molar refractivity (Wildman–Crippen MR) is 238 cm³/mol. The monoisotopic (exact) mass is 755 g/mol. The fourth-order valence-electron chi connectivity index (χ4n) is 7.38. The van der Waals surface area contributed by atoms with Crippen molar-refractivity contribution >= 4 is 63.0 Å². The number of thiophene rings is 2. The lowest BCUT2D eigenvalue weighted by Crippen LogP contribution is -2.00. The van der Waals surface area contributed by atoms with E-state index >= 15 is 0 Å². The van der Waals surface area contributed by atoms with Gasteiger partial charge in [0.15, 0.2) is 17.5 Å². The van der Waals surface area contributed by atoms with Crippen LogP contribution in [0.5, 0.6) is 0 Å². The molecule has 0 saturated heterocycles. The van der Waals surface area contributed by atoms with Crippen LogP contribution in [-0.4, -0.2) is 15.0 Å². The Morgan fingerprint density at radius 1 is 0.375 bits per heavy atom. The molecule has 0 saturated carbocycles. The second-order valence-electron chi connectivity index (χ2n) is 13.5. The first kappa shape index (κ1) is 26.9. The highest BCUT2D eigenvalue weighted by atomic mass is 32.1. The van der Waals surface area contributed by atoms with Gasteiger partial charge in [-0.15, -0.1) is 22.7 Å². The number of nitrogens with zero attached hydrogens (tertiary/aromatic N) is 3. The molecule has 0 spiro atoms. The molecular weight excluding hydrogens is 719 g/mol. The van der Waals surface area contributed by atoms with Crippen molar-refractivity contribution < 1.29 is 8.22 Å². The lowest BCUT2D eigenvalue weighted by Gasteiger charge is -2.12. The minimum Gasteiger partial charge on any atom is -0.208 e. The van der Waals surface area contributed by atoms with Crippen LogP contribution in [-0.2, 0) is 0 Å². The van der Waals surface area contributed by atoms with Gasteiger partial charge >= 0.3 is 0 Å². The molecular formula is C51H31N3S2. The lowest BCUT2D eigenvalue weighted by molar-refractivity contribution is 1.08.